The second-order valence-electron chi connectivity index (χ2n) is 6.23. The van der Waals surface area contributed by atoms with Crippen LogP contribution in [-0.4, -0.2) is 19.9 Å². The van der Waals surface area contributed by atoms with Crippen molar-refractivity contribution < 1.29 is 8.42 Å². The lowest BCUT2D eigenvalue weighted by Crippen LogP contribution is -2.26. The first-order valence-corrected chi connectivity index (χ1v) is 9.60. The first-order valence-electron chi connectivity index (χ1n) is 8.12. The Bertz CT molecular complexity index is 925. The van der Waals surface area contributed by atoms with E-state index in [1.54, 1.807) is 12.1 Å². The van der Waals surface area contributed by atoms with Crippen LogP contribution in [0, 0.1) is 0 Å². The van der Waals surface area contributed by atoms with E-state index < -0.39 is 10.0 Å². The van der Waals surface area contributed by atoms with E-state index in [-0.39, 0.29) is 0 Å². The highest BCUT2D eigenvalue weighted by Gasteiger charge is 2.14. The van der Waals surface area contributed by atoms with Crippen molar-refractivity contribution in [1.82, 2.24) is 9.71 Å². The van der Waals surface area contributed by atoms with Gasteiger partial charge in [0.1, 0.15) is 0 Å². The van der Waals surface area contributed by atoms with Gasteiger partial charge in [-0.2, -0.15) is 0 Å². The van der Waals surface area contributed by atoms with Crippen LogP contribution < -0.4 is 4.72 Å². The van der Waals surface area contributed by atoms with Crippen molar-refractivity contribution in [2.75, 3.05) is 6.54 Å². The maximum absolute atomic E-state index is 12.4. The number of sulfonamides is 1. The van der Waals surface area contributed by atoms with Gasteiger partial charge in [-0.05, 0) is 41.7 Å². The molecule has 0 aliphatic heterocycles. The van der Waals surface area contributed by atoms with Crippen LogP contribution >= 0.6 is 0 Å². The van der Waals surface area contributed by atoms with Gasteiger partial charge >= 0.3 is 0 Å². The Kier molecular flexibility index (Phi) is 4.73. The number of fused-ring (bicyclic) bond motifs is 1. The summed E-state index contributed by atoms with van der Waals surface area (Å²) in [7, 11) is -3.47. The predicted molar refractivity (Wildman–Crippen MR) is 97.7 cm³/mol. The molecule has 0 spiro atoms. The Labute approximate surface area is 143 Å². The summed E-state index contributed by atoms with van der Waals surface area (Å²) in [6.45, 7) is 4.54. The maximum atomic E-state index is 12.4. The lowest BCUT2D eigenvalue weighted by Gasteiger charge is -2.09. The minimum atomic E-state index is -3.47. The molecule has 0 aliphatic carbocycles. The molecule has 0 amide bonds. The molecule has 0 aliphatic rings. The zero-order valence-corrected chi connectivity index (χ0v) is 14.7. The number of nitrogens with one attached hydrogen (secondary N) is 2. The van der Waals surface area contributed by atoms with E-state index in [0.29, 0.717) is 23.8 Å². The molecular weight excluding hydrogens is 320 g/mol. The first-order chi connectivity index (χ1) is 11.5. The fourth-order valence-electron chi connectivity index (χ4n) is 2.77. The van der Waals surface area contributed by atoms with Crippen molar-refractivity contribution in [2.24, 2.45) is 0 Å². The molecule has 4 nitrogen and oxygen atoms in total. The highest BCUT2D eigenvalue weighted by molar-refractivity contribution is 7.89. The number of benzene rings is 2. The highest BCUT2D eigenvalue weighted by atomic mass is 32.2. The van der Waals surface area contributed by atoms with Crippen molar-refractivity contribution in [3.8, 4) is 0 Å². The molecule has 0 fully saturated rings. The van der Waals surface area contributed by atoms with Crippen LogP contribution in [0.1, 0.15) is 30.9 Å². The van der Waals surface area contributed by atoms with Crippen LogP contribution in [0.4, 0.5) is 0 Å². The van der Waals surface area contributed by atoms with Gasteiger partial charge < -0.3 is 4.98 Å². The smallest absolute Gasteiger partial charge is 0.240 e. The molecule has 1 aromatic heterocycles. The average molecular weight is 342 g/mol. The minimum absolute atomic E-state index is 0.311. The van der Waals surface area contributed by atoms with Gasteiger partial charge in [0.05, 0.1) is 4.90 Å². The Morgan fingerprint density at radius 2 is 1.75 bits per heavy atom. The number of aromatic amines is 1. The van der Waals surface area contributed by atoms with Gasteiger partial charge in [-0.25, -0.2) is 13.1 Å². The normalized spacial score (nSPS) is 12.1. The maximum Gasteiger partial charge on any atom is 0.240 e. The van der Waals surface area contributed by atoms with Crippen LogP contribution in [0.3, 0.4) is 0 Å². The van der Waals surface area contributed by atoms with E-state index >= 15 is 0 Å². The fraction of sp³-hybridized carbons (Fsp3) is 0.263. The molecule has 0 saturated carbocycles. The number of hydrogen-bond acceptors (Lipinski definition) is 2. The molecule has 0 radical (unpaired) electrons. The standard InChI is InChI=1S/C19H22N2O2S/c1-14(2)15-7-9-17(10-8-15)24(22,23)21-12-11-16-13-20-19-6-4-3-5-18(16)19/h3-10,13-14,20-21H,11-12H2,1-2H3. The SMILES string of the molecule is CC(C)c1ccc(S(=O)(=O)NCCc2c[nH]c3ccccc23)cc1. The Morgan fingerprint density at radius 3 is 2.46 bits per heavy atom. The molecule has 0 saturated heterocycles. The van der Waals surface area contributed by atoms with E-state index in [0.717, 1.165) is 22.0 Å². The third-order valence-corrected chi connectivity index (χ3v) is 5.70. The quantitative estimate of drug-likeness (QED) is 0.715. The van der Waals surface area contributed by atoms with E-state index in [9.17, 15) is 8.42 Å². The molecule has 0 unspecified atom stereocenters. The summed E-state index contributed by atoms with van der Waals surface area (Å²) in [4.78, 5) is 3.52. The van der Waals surface area contributed by atoms with Crippen molar-refractivity contribution in [3.63, 3.8) is 0 Å². The molecular formula is C19H22N2O2S. The Morgan fingerprint density at radius 1 is 1.04 bits per heavy atom. The van der Waals surface area contributed by atoms with E-state index in [2.05, 4.69) is 23.6 Å². The topological polar surface area (TPSA) is 62.0 Å². The van der Waals surface area contributed by atoms with E-state index in [1.807, 2.05) is 42.6 Å². The molecule has 0 bridgehead atoms. The molecule has 3 rings (SSSR count). The number of hydrogen-bond donors (Lipinski definition) is 2. The fourth-order valence-corrected chi connectivity index (χ4v) is 3.81. The molecule has 2 N–H and O–H groups in total. The molecule has 126 valence electrons. The minimum Gasteiger partial charge on any atom is -0.361 e. The summed E-state index contributed by atoms with van der Waals surface area (Å²) >= 11 is 0. The second kappa shape index (κ2) is 6.79. The number of rotatable bonds is 6. The zero-order valence-electron chi connectivity index (χ0n) is 13.9. The van der Waals surface area contributed by atoms with Gasteiger partial charge in [0.15, 0.2) is 0 Å². The van der Waals surface area contributed by atoms with Gasteiger partial charge in [-0.3, -0.25) is 0 Å². The average Bonchev–Trinajstić information content (AvgIpc) is 2.98. The molecule has 24 heavy (non-hydrogen) atoms. The van der Waals surface area contributed by atoms with Crippen LogP contribution in [0.5, 0.6) is 0 Å². The third kappa shape index (κ3) is 3.52. The third-order valence-electron chi connectivity index (χ3n) is 4.22. The van der Waals surface area contributed by atoms with Crippen LogP contribution in [-0.2, 0) is 16.4 Å². The summed E-state index contributed by atoms with van der Waals surface area (Å²) in [5.74, 6) is 0.386. The second-order valence-corrected chi connectivity index (χ2v) is 8.00. The van der Waals surface area contributed by atoms with E-state index in [4.69, 9.17) is 0 Å². The monoisotopic (exact) mass is 342 g/mol. The Balaban J connectivity index is 1.67. The highest BCUT2D eigenvalue weighted by Crippen LogP contribution is 2.19. The number of H-pyrrole nitrogens is 1. The van der Waals surface area contributed by atoms with Gasteiger partial charge in [-0.15, -0.1) is 0 Å². The summed E-state index contributed by atoms with van der Waals surface area (Å²) in [5.41, 5.74) is 3.32. The number of aromatic nitrogens is 1. The van der Waals surface area contributed by atoms with Crippen molar-refractivity contribution in [1.29, 1.82) is 0 Å². The number of para-hydroxylation sites is 1. The Hall–Kier alpha value is -2.11. The molecule has 5 heteroatoms. The summed E-state index contributed by atoms with van der Waals surface area (Å²) in [6.07, 6.45) is 2.59. The predicted octanol–water partition coefficient (Wildman–Crippen LogP) is 3.81. The van der Waals surface area contributed by atoms with Gasteiger partial charge in [-0.1, -0.05) is 44.2 Å². The van der Waals surface area contributed by atoms with Gasteiger partial charge in [0.2, 0.25) is 10.0 Å². The summed E-state index contributed by atoms with van der Waals surface area (Å²) in [6, 6.07) is 15.1. The summed E-state index contributed by atoms with van der Waals surface area (Å²) in [5, 5.41) is 1.14. The van der Waals surface area contributed by atoms with Crippen molar-refractivity contribution >= 4 is 20.9 Å². The molecule has 1 heterocycles. The molecule has 2 aromatic carbocycles. The lowest BCUT2D eigenvalue weighted by molar-refractivity contribution is 0.581. The van der Waals surface area contributed by atoms with Gasteiger partial charge in [0.25, 0.3) is 0 Å². The van der Waals surface area contributed by atoms with Crippen molar-refractivity contribution in [2.45, 2.75) is 31.1 Å². The van der Waals surface area contributed by atoms with Crippen LogP contribution in [0.15, 0.2) is 59.6 Å². The summed E-state index contributed by atoms with van der Waals surface area (Å²) < 4.78 is 27.5. The van der Waals surface area contributed by atoms with Crippen LogP contribution in [0.2, 0.25) is 0 Å². The largest absolute Gasteiger partial charge is 0.361 e. The lowest BCUT2D eigenvalue weighted by atomic mass is 10.0. The van der Waals surface area contributed by atoms with Crippen LogP contribution in [0.25, 0.3) is 10.9 Å². The first kappa shape index (κ1) is 16.7. The van der Waals surface area contributed by atoms with Crippen molar-refractivity contribution in [3.05, 3.63) is 65.9 Å². The van der Waals surface area contributed by atoms with E-state index in [1.165, 1.54) is 0 Å². The van der Waals surface area contributed by atoms with Gasteiger partial charge in [0, 0.05) is 23.6 Å². The zero-order chi connectivity index (χ0) is 17.2. The molecule has 0 atom stereocenters. The molecule has 3 aromatic rings.